The van der Waals surface area contributed by atoms with Crippen molar-refractivity contribution in [3.05, 3.63) is 29.3 Å². The highest BCUT2D eigenvalue weighted by Crippen LogP contribution is 2.26. The van der Waals surface area contributed by atoms with Crippen LogP contribution in [-0.4, -0.2) is 19.7 Å². The van der Waals surface area contributed by atoms with Crippen molar-refractivity contribution in [1.82, 2.24) is 5.32 Å². The number of methoxy groups -OCH3 is 1. The second-order valence-corrected chi connectivity index (χ2v) is 4.10. The largest absolute Gasteiger partial charge is 0.497 e. The summed E-state index contributed by atoms with van der Waals surface area (Å²) in [5.41, 5.74) is 2.77. The van der Waals surface area contributed by atoms with Crippen molar-refractivity contribution in [2.75, 3.05) is 13.7 Å². The van der Waals surface area contributed by atoms with Crippen LogP contribution in [0.2, 0.25) is 0 Å². The molecule has 2 rings (SSSR count). The third kappa shape index (κ3) is 2.34. The Hall–Kier alpha value is -1.53. The minimum absolute atomic E-state index is 0.482. The van der Waals surface area contributed by atoms with Crippen molar-refractivity contribution in [2.24, 2.45) is 0 Å². The second kappa shape index (κ2) is 5.00. The maximum absolute atomic E-state index is 8.48. The third-order valence-electron chi connectivity index (χ3n) is 3.02. The fraction of sp³-hybridized carbons (Fsp3) is 0.462. The van der Waals surface area contributed by atoms with Gasteiger partial charge in [0.15, 0.2) is 0 Å². The number of nitrogens with zero attached hydrogens (tertiary/aromatic N) is 1. The summed E-state index contributed by atoms with van der Waals surface area (Å²) in [4.78, 5) is 0. The van der Waals surface area contributed by atoms with E-state index in [4.69, 9.17) is 10.00 Å². The van der Waals surface area contributed by atoms with E-state index in [0.29, 0.717) is 12.5 Å². The van der Waals surface area contributed by atoms with Gasteiger partial charge in [-0.15, -0.1) is 0 Å². The lowest BCUT2D eigenvalue weighted by atomic mass is 10.1. The molecule has 1 aliphatic carbocycles. The Morgan fingerprint density at radius 3 is 3.00 bits per heavy atom. The summed E-state index contributed by atoms with van der Waals surface area (Å²) in [7, 11) is 1.69. The third-order valence-corrected chi connectivity index (χ3v) is 3.02. The molecule has 1 aliphatic rings. The normalized spacial score (nSPS) is 17.9. The Kier molecular flexibility index (Phi) is 3.43. The van der Waals surface area contributed by atoms with Gasteiger partial charge >= 0.3 is 0 Å². The van der Waals surface area contributed by atoms with E-state index in [1.54, 1.807) is 7.11 Å². The van der Waals surface area contributed by atoms with Crippen LogP contribution in [0.4, 0.5) is 0 Å². The van der Waals surface area contributed by atoms with Gasteiger partial charge in [0.1, 0.15) is 5.75 Å². The fourth-order valence-electron chi connectivity index (χ4n) is 2.20. The summed E-state index contributed by atoms with van der Waals surface area (Å²) >= 11 is 0. The molecule has 1 unspecified atom stereocenters. The summed E-state index contributed by atoms with van der Waals surface area (Å²) in [6.07, 6.45) is 2.68. The van der Waals surface area contributed by atoms with Gasteiger partial charge in [0, 0.05) is 19.0 Å². The summed E-state index contributed by atoms with van der Waals surface area (Å²) in [5.74, 6) is 0.927. The van der Waals surface area contributed by atoms with Crippen LogP contribution in [0.15, 0.2) is 18.2 Å². The van der Waals surface area contributed by atoms with Gasteiger partial charge in [0.25, 0.3) is 0 Å². The van der Waals surface area contributed by atoms with Gasteiger partial charge in [-0.05, 0) is 36.1 Å². The van der Waals surface area contributed by atoms with Gasteiger partial charge < -0.3 is 10.1 Å². The van der Waals surface area contributed by atoms with E-state index in [2.05, 4.69) is 23.5 Å². The van der Waals surface area contributed by atoms with Crippen molar-refractivity contribution in [3.63, 3.8) is 0 Å². The van der Waals surface area contributed by atoms with E-state index in [9.17, 15) is 0 Å². The first-order chi connectivity index (χ1) is 7.83. The Labute approximate surface area is 96.0 Å². The van der Waals surface area contributed by atoms with Crippen molar-refractivity contribution in [1.29, 1.82) is 5.26 Å². The molecule has 0 aromatic heterocycles. The van der Waals surface area contributed by atoms with Crippen LogP contribution in [0.1, 0.15) is 17.5 Å². The van der Waals surface area contributed by atoms with Crippen LogP contribution < -0.4 is 10.1 Å². The standard InChI is InChI=1S/C13H16N2O/c1-16-13-4-3-10-7-12(8-11(10)9-13)15-6-2-5-14/h3-4,9,12,15H,2,6-8H2,1H3. The van der Waals surface area contributed by atoms with E-state index in [0.717, 1.165) is 25.1 Å². The number of nitriles is 1. The van der Waals surface area contributed by atoms with Crippen LogP contribution in [0.25, 0.3) is 0 Å². The number of nitrogens with one attached hydrogen (secondary N) is 1. The molecule has 1 aromatic carbocycles. The maximum Gasteiger partial charge on any atom is 0.119 e. The fourth-order valence-corrected chi connectivity index (χ4v) is 2.20. The van der Waals surface area contributed by atoms with E-state index >= 15 is 0 Å². The smallest absolute Gasteiger partial charge is 0.119 e. The van der Waals surface area contributed by atoms with Gasteiger partial charge in [-0.3, -0.25) is 0 Å². The summed E-state index contributed by atoms with van der Waals surface area (Å²) in [6.45, 7) is 0.784. The number of ether oxygens (including phenoxy) is 1. The van der Waals surface area contributed by atoms with E-state index in [1.807, 2.05) is 6.07 Å². The number of hydrogen-bond donors (Lipinski definition) is 1. The minimum Gasteiger partial charge on any atom is -0.497 e. The Morgan fingerprint density at radius 1 is 1.44 bits per heavy atom. The summed E-state index contributed by atoms with van der Waals surface area (Å²) < 4.78 is 5.21. The van der Waals surface area contributed by atoms with E-state index in [1.165, 1.54) is 11.1 Å². The highest BCUT2D eigenvalue weighted by Gasteiger charge is 2.20. The molecule has 0 saturated heterocycles. The van der Waals surface area contributed by atoms with Crippen molar-refractivity contribution in [2.45, 2.75) is 25.3 Å². The number of hydrogen-bond acceptors (Lipinski definition) is 3. The molecule has 0 bridgehead atoms. The van der Waals surface area contributed by atoms with Crippen LogP contribution in [-0.2, 0) is 12.8 Å². The Balaban J connectivity index is 1.96. The first-order valence-electron chi connectivity index (χ1n) is 5.59. The molecule has 0 fully saturated rings. The van der Waals surface area contributed by atoms with Crippen molar-refractivity contribution >= 4 is 0 Å². The number of rotatable bonds is 4. The molecule has 1 atom stereocenters. The average Bonchev–Trinajstić information content (AvgIpc) is 2.70. The quantitative estimate of drug-likeness (QED) is 0.779. The predicted octanol–water partition coefficient (Wildman–Crippen LogP) is 1.67. The average molecular weight is 216 g/mol. The van der Waals surface area contributed by atoms with E-state index < -0.39 is 0 Å². The lowest BCUT2D eigenvalue weighted by molar-refractivity contribution is 0.414. The Bertz CT molecular complexity index is 409. The Morgan fingerprint density at radius 2 is 2.25 bits per heavy atom. The molecule has 16 heavy (non-hydrogen) atoms. The maximum atomic E-state index is 8.48. The van der Waals surface area contributed by atoms with Gasteiger partial charge in [0.05, 0.1) is 13.2 Å². The zero-order chi connectivity index (χ0) is 11.4. The van der Waals surface area contributed by atoms with E-state index in [-0.39, 0.29) is 0 Å². The molecule has 0 spiro atoms. The van der Waals surface area contributed by atoms with Gasteiger partial charge in [-0.2, -0.15) is 5.26 Å². The molecule has 3 heteroatoms. The van der Waals surface area contributed by atoms with Crippen LogP contribution in [0.5, 0.6) is 5.75 Å². The van der Waals surface area contributed by atoms with Gasteiger partial charge in [-0.25, -0.2) is 0 Å². The first-order valence-corrected chi connectivity index (χ1v) is 5.59. The predicted molar refractivity (Wildman–Crippen MR) is 62.4 cm³/mol. The molecule has 0 amide bonds. The highest BCUT2D eigenvalue weighted by molar-refractivity contribution is 5.39. The van der Waals surface area contributed by atoms with Crippen molar-refractivity contribution in [3.8, 4) is 11.8 Å². The molecule has 1 aromatic rings. The SMILES string of the molecule is COc1ccc2c(c1)CC(NCCC#N)C2. The van der Waals surface area contributed by atoms with Crippen LogP contribution in [0, 0.1) is 11.3 Å². The molecule has 0 heterocycles. The second-order valence-electron chi connectivity index (χ2n) is 4.10. The zero-order valence-corrected chi connectivity index (χ0v) is 9.49. The zero-order valence-electron chi connectivity index (χ0n) is 9.49. The lowest BCUT2D eigenvalue weighted by Gasteiger charge is -2.09. The minimum atomic E-state index is 0.482. The first kappa shape index (κ1) is 11.0. The lowest BCUT2D eigenvalue weighted by Crippen LogP contribution is -2.30. The molecule has 0 radical (unpaired) electrons. The molecule has 1 N–H and O–H groups in total. The van der Waals surface area contributed by atoms with Gasteiger partial charge in [-0.1, -0.05) is 6.07 Å². The van der Waals surface area contributed by atoms with Crippen LogP contribution in [0.3, 0.4) is 0 Å². The molecule has 0 saturated carbocycles. The monoisotopic (exact) mass is 216 g/mol. The number of benzene rings is 1. The molecule has 3 nitrogen and oxygen atoms in total. The van der Waals surface area contributed by atoms with Crippen molar-refractivity contribution < 1.29 is 4.74 Å². The topological polar surface area (TPSA) is 45.0 Å². The summed E-state index contributed by atoms with van der Waals surface area (Å²) in [5, 5.41) is 11.9. The summed E-state index contributed by atoms with van der Waals surface area (Å²) in [6, 6.07) is 8.89. The molecule has 84 valence electrons. The molecule has 0 aliphatic heterocycles. The van der Waals surface area contributed by atoms with Crippen LogP contribution >= 0.6 is 0 Å². The highest BCUT2D eigenvalue weighted by atomic mass is 16.5. The molecular formula is C13H16N2O. The molecular weight excluding hydrogens is 200 g/mol. The van der Waals surface area contributed by atoms with Gasteiger partial charge in [0.2, 0.25) is 0 Å². The number of fused-ring (bicyclic) bond motifs is 1.